The molecule has 0 aliphatic heterocycles. The number of rotatable bonds is 6. The Bertz CT molecular complexity index is 812. The van der Waals surface area contributed by atoms with Crippen molar-refractivity contribution in [3.63, 3.8) is 0 Å². The van der Waals surface area contributed by atoms with Crippen molar-refractivity contribution >= 4 is 0 Å². The first kappa shape index (κ1) is 17.4. The van der Waals surface area contributed by atoms with E-state index in [1.165, 1.54) is 11.1 Å². The molecule has 5 nitrogen and oxygen atoms in total. The molecule has 2 heterocycles. The topological polar surface area (TPSA) is 55.9 Å². The van der Waals surface area contributed by atoms with Gasteiger partial charge in [0, 0.05) is 36.2 Å². The first-order chi connectivity index (χ1) is 12.0. The van der Waals surface area contributed by atoms with Crippen LogP contribution in [0, 0.1) is 20.8 Å². The lowest BCUT2D eigenvalue weighted by atomic mass is 9.98. The Labute approximate surface area is 149 Å². The number of hydrogen-bond acceptors (Lipinski definition) is 4. The molecule has 25 heavy (non-hydrogen) atoms. The number of nitrogens with one attached hydrogen (secondary N) is 1. The number of hydrogen-bond donors (Lipinski definition) is 1. The van der Waals surface area contributed by atoms with Crippen LogP contribution in [-0.4, -0.2) is 21.3 Å². The lowest BCUT2D eigenvalue weighted by Crippen LogP contribution is -2.24. The molecule has 3 aromatic rings. The van der Waals surface area contributed by atoms with Crippen LogP contribution in [0.4, 0.5) is 0 Å². The Hall–Kier alpha value is -2.40. The summed E-state index contributed by atoms with van der Waals surface area (Å²) in [7, 11) is 0. The Morgan fingerprint density at radius 3 is 2.40 bits per heavy atom. The summed E-state index contributed by atoms with van der Waals surface area (Å²) in [6.07, 6.45) is 3.81. The summed E-state index contributed by atoms with van der Waals surface area (Å²) in [5, 5.41) is 7.67. The molecule has 3 rings (SSSR count). The highest BCUT2D eigenvalue weighted by Gasteiger charge is 2.17. The Morgan fingerprint density at radius 2 is 1.84 bits per heavy atom. The summed E-state index contributed by atoms with van der Waals surface area (Å²) in [6.45, 7) is 11.3. The normalized spacial score (nSPS) is 13.8. The van der Waals surface area contributed by atoms with Crippen molar-refractivity contribution in [1.29, 1.82) is 0 Å². The van der Waals surface area contributed by atoms with Gasteiger partial charge in [0.05, 0.1) is 5.69 Å². The van der Waals surface area contributed by atoms with Gasteiger partial charge in [-0.1, -0.05) is 24.2 Å². The summed E-state index contributed by atoms with van der Waals surface area (Å²) in [5.41, 5.74) is 4.60. The van der Waals surface area contributed by atoms with Gasteiger partial charge < -0.3 is 14.4 Å². The van der Waals surface area contributed by atoms with Gasteiger partial charge in [0.25, 0.3) is 0 Å². The van der Waals surface area contributed by atoms with Crippen molar-refractivity contribution in [2.45, 2.75) is 46.6 Å². The van der Waals surface area contributed by atoms with E-state index in [0.29, 0.717) is 5.92 Å². The van der Waals surface area contributed by atoms with Crippen molar-refractivity contribution in [3.05, 3.63) is 65.1 Å². The molecule has 1 N–H and O–H groups in total. The van der Waals surface area contributed by atoms with E-state index in [-0.39, 0.29) is 6.04 Å². The molecule has 0 spiro atoms. The molecule has 0 fully saturated rings. The second kappa shape index (κ2) is 7.23. The standard InChI is InChI=1S/C20H26N4O/c1-13(20-15(3)23-25-16(20)4)12-22-14(2)18-6-8-19(9-7-18)24-11-10-21-17(24)5/h6-11,13-14,22H,12H2,1-5H3/t13-,14+/m0/s1. The molecule has 0 saturated carbocycles. The summed E-state index contributed by atoms with van der Waals surface area (Å²) in [6, 6.07) is 8.90. The SMILES string of the molecule is Cc1noc(C)c1[C@@H](C)CN[C@H](C)c1ccc(-n2ccnc2C)cc1. The van der Waals surface area contributed by atoms with E-state index < -0.39 is 0 Å². The Kier molecular flexibility index (Phi) is 5.04. The molecule has 0 amide bonds. The average Bonchev–Trinajstić information content (AvgIpc) is 3.18. The third kappa shape index (κ3) is 3.66. The minimum absolute atomic E-state index is 0.279. The zero-order valence-corrected chi connectivity index (χ0v) is 15.6. The first-order valence-corrected chi connectivity index (χ1v) is 8.73. The van der Waals surface area contributed by atoms with Gasteiger partial charge in [-0.05, 0) is 51.3 Å². The number of benzene rings is 1. The van der Waals surface area contributed by atoms with Crippen molar-refractivity contribution in [2.24, 2.45) is 0 Å². The lowest BCUT2D eigenvalue weighted by molar-refractivity contribution is 0.391. The van der Waals surface area contributed by atoms with Gasteiger partial charge >= 0.3 is 0 Å². The van der Waals surface area contributed by atoms with Crippen LogP contribution < -0.4 is 5.32 Å². The van der Waals surface area contributed by atoms with Crippen molar-refractivity contribution in [1.82, 2.24) is 20.0 Å². The highest BCUT2D eigenvalue weighted by atomic mass is 16.5. The maximum absolute atomic E-state index is 5.28. The van der Waals surface area contributed by atoms with Crippen LogP contribution in [0.2, 0.25) is 0 Å². The zero-order chi connectivity index (χ0) is 18.0. The molecule has 0 aliphatic carbocycles. The van der Waals surface area contributed by atoms with E-state index in [1.807, 2.05) is 33.2 Å². The van der Waals surface area contributed by atoms with Crippen molar-refractivity contribution in [2.75, 3.05) is 6.54 Å². The highest BCUT2D eigenvalue weighted by molar-refractivity contribution is 5.36. The lowest BCUT2D eigenvalue weighted by Gasteiger charge is -2.18. The minimum atomic E-state index is 0.279. The fourth-order valence-corrected chi connectivity index (χ4v) is 3.34. The van der Waals surface area contributed by atoms with E-state index in [9.17, 15) is 0 Å². The van der Waals surface area contributed by atoms with Crippen LogP contribution in [0.1, 0.15) is 54.2 Å². The third-order valence-corrected chi connectivity index (χ3v) is 4.81. The largest absolute Gasteiger partial charge is 0.361 e. The van der Waals surface area contributed by atoms with Crippen molar-refractivity contribution < 1.29 is 4.52 Å². The molecule has 0 bridgehead atoms. The summed E-state index contributed by atoms with van der Waals surface area (Å²) < 4.78 is 7.37. The van der Waals surface area contributed by atoms with Crippen LogP contribution in [0.25, 0.3) is 5.69 Å². The zero-order valence-electron chi connectivity index (χ0n) is 15.6. The average molecular weight is 338 g/mol. The van der Waals surface area contributed by atoms with Gasteiger partial charge in [0.1, 0.15) is 11.6 Å². The highest BCUT2D eigenvalue weighted by Crippen LogP contribution is 2.23. The predicted octanol–water partition coefficient (Wildman–Crippen LogP) is 4.24. The molecular weight excluding hydrogens is 312 g/mol. The first-order valence-electron chi connectivity index (χ1n) is 8.73. The molecule has 2 aromatic heterocycles. The summed E-state index contributed by atoms with van der Waals surface area (Å²) >= 11 is 0. The summed E-state index contributed by atoms with van der Waals surface area (Å²) in [5.74, 6) is 2.27. The Morgan fingerprint density at radius 1 is 1.12 bits per heavy atom. The van der Waals surface area contributed by atoms with Crippen LogP contribution in [0.15, 0.2) is 41.2 Å². The fraction of sp³-hybridized carbons (Fsp3) is 0.400. The van der Waals surface area contributed by atoms with Gasteiger partial charge in [0.15, 0.2) is 0 Å². The number of imidazole rings is 1. The molecule has 132 valence electrons. The number of aromatic nitrogens is 3. The quantitative estimate of drug-likeness (QED) is 0.730. The molecule has 5 heteroatoms. The van der Waals surface area contributed by atoms with Crippen molar-refractivity contribution in [3.8, 4) is 5.69 Å². The molecule has 0 aliphatic rings. The second-order valence-electron chi connectivity index (χ2n) is 6.70. The van der Waals surface area contributed by atoms with E-state index >= 15 is 0 Å². The maximum Gasteiger partial charge on any atom is 0.137 e. The predicted molar refractivity (Wildman–Crippen MR) is 99.1 cm³/mol. The van der Waals surface area contributed by atoms with Gasteiger partial charge in [-0.15, -0.1) is 0 Å². The third-order valence-electron chi connectivity index (χ3n) is 4.81. The smallest absolute Gasteiger partial charge is 0.137 e. The number of nitrogens with zero attached hydrogens (tertiary/aromatic N) is 3. The molecule has 2 atom stereocenters. The molecule has 0 radical (unpaired) electrons. The molecule has 1 aromatic carbocycles. The van der Waals surface area contributed by atoms with Crippen LogP contribution >= 0.6 is 0 Å². The van der Waals surface area contributed by atoms with E-state index in [2.05, 4.69) is 58.1 Å². The van der Waals surface area contributed by atoms with Gasteiger partial charge in [0.2, 0.25) is 0 Å². The monoisotopic (exact) mass is 338 g/mol. The number of aryl methyl sites for hydroxylation is 3. The van der Waals surface area contributed by atoms with Crippen LogP contribution in [-0.2, 0) is 0 Å². The second-order valence-corrected chi connectivity index (χ2v) is 6.70. The van der Waals surface area contributed by atoms with Gasteiger partial charge in [-0.25, -0.2) is 4.98 Å². The fourth-order valence-electron chi connectivity index (χ4n) is 3.34. The van der Waals surface area contributed by atoms with Gasteiger partial charge in [-0.2, -0.15) is 0 Å². The molecule has 0 saturated heterocycles. The van der Waals surface area contributed by atoms with E-state index in [4.69, 9.17) is 4.52 Å². The molecular formula is C20H26N4O. The van der Waals surface area contributed by atoms with E-state index in [1.54, 1.807) is 0 Å². The summed E-state index contributed by atoms with van der Waals surface area (Å²) in [4.78, 5) is 4.28. The van der Waals surface area contributed by atoms with Crippen LogP contribution in [0.5, 0.6) is 0 Å². The Balaban J connectivity index is 1.63. The van der Waals surface area contributed by atoms with Gasteiger partial charge in [-0.3, -0.25) is 0 Å². The van der Waals surface area contributed by atoms with E-state index in [0.717, 1.165) is 29.5 Å². The molecule has 0 unspecified atom stereocenters. The minimum Gasteiger partial charge on any atom is -0.361 e. The maximum atomic E-state index is 5.28. The van der Waals surface area contributed by atoms with Crippen LogP contribution in [0.3, 0.4) is 0 Å².